The van der Waals surface area contributed by atoms with E-state index in [-0.39, 0.29) is 11.2 Å². The van der Waals surface area contributed by atoms with Crippen LogP contribution >= 0.6 is 11.8 Å². The van der Waals surface area contributed by atoms with Crippen molar-refractivity contribution in [3.63, 3.8) is 0 Å². The average molecular weight is 316 g/mol. The molecule has 1 amide bonds. The Bertz CT molecular complexity index is 682. The number of para-hydroxylation sites is 1. The van der Waals surface area contributed by atoms with E-state index in [0.29, 0.717) is 11.1 Å². The van der Waals surface area contributed by atoms with E-state index in [1.807, 2.05) is 30.0 Å². The van der Waals surface area contributed by atoms with Gasteiger partial charge in [0.05, 0.1) is 5.25 Å². The number of thioether (sulfide) groups is 1. The normalized spacial score (nSPS) is 15.2. The fraction of sp³-hybridized carbons (Fsp3) is 0.438. The Labute approximate surface area is 134 Å². The number of amides is 1. The molecule has 1 atom stereocenters. The van der Waals surface area contributed by atoms with Gasteiger partial charge in [0.15, 0.2) is 0 Å². The van der Waals surface area contributed by atoms with Crippen LogP contribution in [0.5, 0.6) is 0 Å². The molecular weight excluding hydrogens is 296 g/mol. The molecule has 116 valence electrons. The maximum absolute atomic E-state index is 12.7. The van der Waals surface area contributed by atoms with Crippen molar-refractivity contribution in [2.24, 2.45) is 0 Å². The average Bonchev–Trinajstić information content (AvgIpc) is 3.13. The van der Waals surface area contributed by atoms with Gasteiger partial charge in [0, 0.05) is 18.2 Å². The lowest BCUT2D eigenvalue weighted by molar-refractivity contribution is -0.117. The maximum Gasteiger partial charge on any atom is 0.240 e. The first-order valence-electron chi connectivity index (χ1n) is 7.54. The lowest BCUT2D eigenvalue weighted by Gasteiger charge is -2.20. The van der Waals surface area contributed by atoms with Gasteiger partial charge in [-0.1, -0.05) is 43.8 Å². The van der Waals surface area contributed by atoms with Gasteiger partial charge in [-0.25, -0.2) is 4.98 Å². The predicted molar refractivity (Wildman–Crippen MR) is 88.3 cm³/mol. The van der Waals surface area contributed by atoms with Crippen molar-refractivity contribution in [3.8, 4) is 0 Å². The van der Waals surface area contributed by atoms with Crippen molar-refractivity contribution in [1.29, 1.82) is 0 Å². The molecule has 2 heterocycles. The zero-order chi connectivity index (χ0) is 15.7. The van der Waals surface area contributed by atoms with Crippen LogP contribution in [0.2, 0.25) is 0 Å². The fourth-order valence-electron chi connectivity index (χ4n) is 2.56. The van der Waals surface area contributed by atoms with Gasteiger partial charge < -0.3 is 4.90 Å². The van der Waals surface area contributed by atoms with Crippen LogP contribution in [0.25, 0.3) is 0 Å². The molecule has 3 rings (SSSR count). The number of fused-ring (bicyclic) bond motifs is 1. The molecule has 1 aliphatic rings. The number of nitrogens with zero attached hydrogens (tertiary/aromatic N) is 3. The van der Waals surface area contributed by atoms with Crippen molar-refractivity contribution in [2.45, 2.75) is 43.5 Å². The van der Waals surface area contributed by atoms with Gasteiger partial charge in [0.1, 0.15) is 5.82 Å². The minimum atomic E-state index is -0.207. The summed E-state index contributed by atoms with van der Waals surface area (Å²) in [5, 5.41) is 7.54. The third kappa shape index (κ3) is 2.88. The molecule has 1 N–H and O–H groups in total. The molecule has 0 bridgehead atoms. The Hall–Kier alpha value is -1.82. The topological polar surface area (TPSA) is 61.9 Å². The van der Waals surface area contributed by atoms with Gasteiger partial charge in [0.25, 0.3) is 0 Å². The standard InChI is InChI=1S/C16H20N4OS/c1-10(2)14-17-16(19-18-14)22-11(3)15(21)20-9-8-12-6-4-5-7-13(12)20/h4-7,10-11H,8-9H2,1-3H3,(H,17,18,19)/t11-/m0/s1. The lowest BCUT2D eigenvalue weighted by Crippen LogP contribution is -2.35. The van der Waals surface area contributed by atoms with Crippen LogP contribution in [0.1, 0.15) is 38.1 Å². The highest BCUT2D eigenvalue weighted by molar-refractivity contribution is 8.00. The van der Waals surface area contributed by atoms with Crippen molar-refractivity contribution in [3.05, 3.63) is 35.7 Å². The number of H-pyrrole nitrogens is 1. The summed E-state index contributed by atoms with van der Waals surface area (Å²) in [6, 6.07) is 8.10. The Morgan fingerprint density at radius 1 is 1.32 bits per heavy atom. The van der Waals surface area contributed by atoms with E-state index in [2.05, 4.69) is 35.1 Å². The van der Waals surface area contributed by atoms with Crippen LogP contribution in [-0.4, -0.2) is 32.9 Å². The quantitative estimate of drug-likeness (QED) is 0.881. The van der Waals surface area contributed by atoms with E-state index < -0.39 is 0 Å². The van der Waals surface area contributed by atoms with Crippen LogP contribution in [0, 0.1) is 0 Å². The molecule has 0 radical (unpaired) electrons. The van der Waals surface area contributed by atoms with Gasteiger partial charge in [-0.15, -0.1) is 5.10 Å². The summed E-state index contributed by atoms with van der Waals surface area (Å²) < 4.78 is 0. The van der Waals surface area contributed by atoms with Gasteiger partial charge >= 0.3 is 0 Å². The summed E-state index contributed by atoms with van der Waals surface area (Å²) >= 11 is 1.41. The molecule has 0 aliphatic carbocycles. The zero-order valence-corrected chi connectivity index (χ0v) is 13.9. The van der Waals surface area contributed by atoms with Gasteiger partial charge in [0.2, 0.25) is 11.1 Å². The van der Waals surface area contributed by atoms with E-state index in [1.165, 1.54) is 17.3 Å². The van der Waals surface area contributed by atoms with Gasteiger partial charge in [-0.3, -0.25) is 9.89 Å². The number of anilines is 1. The predicted octanol–water partition coefficient (Wildman–Crippen LogP) is 3.00. The van der Waals surface area contributed by atoms with Crippen molar-refractivity contribution in [1.82, 2.24) is 15.2 Å². The SMILES string of the molecule is CC(C)c1nc(S[C@@H](C)C(=O)N2CCc3ccccc32)n[nH]1. The minimum Gasteiger partial charge on any atom is -0.311 e. The Morgan fingerprint density at radius 2 is 2.09 bits per heavy atom. The second kappa shape index (κ2) is 6.12. The molecule has 0 saturated carbocycles. The Balaban J connectivity index is 1.70. The van der Waals surface area contributed by atoms with Crippen LogP contribution < -0.4 is 4.90 Å². The summed E-state index contributed by atoms with van der Waals surface area (Å²) in [5.74, 6) is 1.28. The minimum absolute atomic E-state index is 0.117. The van der Waals surface area contributed by atoms with Gasteiger partial charge in [-0.05, 0) is 25.0 Å². The number of aromatic amines is 1. The lowest BCUT2D eigenvalue weighted by atomic mass is 10.2. The second-order valence-corrected chi connectivity index (χ2v) is 7.09. The molecule has 5 nitrogen and oxygen atoms in total. The van der Waals surface area contributed by atoms with E-state index >= 15 is 0 Å². The molecule has 6 heteroatoms. The molecule has 1 aromatic carbocycles. The first kappa shape index (κ1) is 15.1. The van der Waals surface area contributed by atoms with Crippen LogP contribution in [0.15, 0.2) is 29.4 Å². The highest BCUT2D eigenvalue weighted by Gasteiger charge is 2.28. The van der Waals surface area contributed by atoms with Crippen LogP contribution in [0.4, 0.5) is 5.69 Å². The monoisotopic (exact) mass is 316 g/mol. The number of carbonyl (C=O) groups excluding carboxylic acids is 1. The number of benzene rings is 1. The first-order chi connectivity index (χ1) is 10.6. The zero-order valence-electron chi connectivity index (χ0n) is 13.0. The third-order valence-corrected chi connectivity index (χ3v) is 4.76. The molecule has 0 unspecified atom stereocenters. The molecule has 0 saturated heterocycles. The molecule has 2 aromatic rings. The summed E-state index contributed by atoms with van der Waals surface area (Å²) in [6.07, 6.45) is 0.928. The highest BCUT2D eigenvalue weighted by atomic mass is 32.2. The van der Waals surface area contributed by atoms with Crippen LogP contribution in [-0.2, 0) is 11.2 Å². The fourth-order valence-corrected chi connectivity index (χ4v) is 3.36. The summed E-state index contributed by atoms with van der Waals surface area (Å²) in [6.45, 7) is 6.79. The molecule has 1 aliphatic heterocycles. The van der Waals surface area contributed by atoms with E-state index in [9.17, 15) is 4.79 Å². The van der Waals surface area contributed by atoms with E-state index in [1.54, 1.807) is 0 Å². The number of rotatable bonds is 4. The number of hydrogen-bond donors (Lipinski definition) is 1. The molecule has 1 aromatic heterocycles. The van der Waals surface area contributed by atoms with Gasteiger partial charge in [-0.2, -0.15) is 0 Å². The highest BCUT2D eigenvalue weighted by Crippen LogP contribution is 2.30. The Kier molecular flexibility index (Phi) is 4.20. The van der Waals surface area contributed by atoms with E-state index in [4.69, 9.17) is 0 Å². The van der Waals surface area contributed by atoms with Crippen molar-refractivity contribution < 1.29 is 4.79 Å². The summed E-state index contributed by atoms with van der Waals surface area (Å²) in [5.41, 5.74) is 2.28. The molecular formula is C16H20N4OS. The second-order valence-electron chi connectivity index (χ2n) is 5.79. The third-order valence-electron chi connectivity index (χ3n) is 3.81. The number of hydrogen-bond acceptors (Lipinski definition) is 4. The van der Waals surface area contributed by atoms with Crippen molar-refractivity contribution >= 4 is 23.4 Å². The number of carbonyl (C=O) groups is 1. The molecule has 22 heavy (non-hydrogen) atoms. The summed E-state index contributed by atoms with van der Waals surface area (Å²) in [7, 11) is 0. The molecule has 0 fully saturated rings. The van der Waals surface area contributed by atoms with Crippen LogP contribution in [0.3, 0.4) is 0 Å². The first-order valence-corrected chi connectivity index (χ1v) is 8.42. The number of aromatic nitrogens is 3. The maximum atomic E-state index is 12.7. The molecule has 0 spiro atoms. The van der Waals surface area contributed by atoms with E-state index in [0.717, 1.165) is 24.5 Å². The largest absolute Gasteiger partial charge is 0.311 e. The summed E-state index contributed by atoms with van der Waals surface area (Å²) in [4.78, 5) is 19.0. The van der Waals surface area contributed by atoms with Crippen molar-refractivity contribution in [2.75, 3.05) is 11.4 Å². The Morgan fingerprint density at radius 3 is 2.82 bits per heavy atom. The number of nitrogens with one attached hydrogen (secondary N) is 1. The smallest absolute Gasteiger partial charge is 0.240 e.